The average molecular weight is 144 g/mol. The molecule has 0 bridgehead atoms. The van der Waals surface area contributed by atoms with E-state index in [0.29, 0.717) is 6.10 Å². The van der Waals surface area contributed by atoms with Crippen LogP contribution in [0.25, 0.3) is 0 Å². The molecule has 2 atom stereocenters. The Labute approximate surface area is 60.2 Å². The van der Waals surface area contributed by atoms with E-state index in [9.17, 15) is 0 Å². The summed E-state index contributed by atoms with van der Waals surface area (Å²) >= 11 is 2.11. The molecule has 2 saturated heterocycles. The molecule has 0 N–H and O–H groups in total. The molecule has 0 aromatic carbocycles. The van der Waals surface area contributed by atoms with Gasteiger partial charge in [-0.2, -0.15) is 11.8 Å². The first-order valence-corrected chi connectivity index (χ1v) is 4.75. The lowest BCUT2D eigenvalue weighted by Crippen LogP contribution is -2.41. The van der Waals surface area contributed by atoms with E-state index in [4.69, 9.17) is 4.74 Å². The van der Waals surface area contributed by atoms with Crippen LogP contribution in [0, 0.1) is 0 Å². The summed E-state index contributed by atoms with van der Waals surface area (Å²) in [5, 5.41) is 0.868. The van der Waals surface area contributed by atoms with E-state index in [1.807, 2.05) is 0 Å². The van der Waals surface area contributed by atoms with E-state index < -0.39 is 0 Å². The summed E-state index contributed by atoms with van der Waals surface area (Å²) in [6, 6.07) is 0. The van der Waals surface area contributed by atoms with Gasteiger partial charge in [-0.15, -0.1) is 0 Å². The number of fused-ring (bicyclic) bond motifs is 1. The summed E-state index contributed by atoms with van der Waals surface area (Å²) in [5.41, 5.74) is 0. The third-order valence-electron chi connectivity index (χ3n) is 2.10. The van der Waals surface area contributed by atoms with Gasteiger partial charge < -0.3 is 4.74 Å². The highest BCUT2D eigenvalue weighted by atomic mass is 32.2. The fourth-order valence-electron chi connectivity index (χ4n) is 1.42. The van der Waals surface area contributed by atoms with E-state index in [-0.39, 0.29) is 0 Å². The second kappa shape index (κ2) is 2.51. The van der Waals surface area contributed by atoms with Crippen LogP contribution in [-0.4, -0.2) is 23.7 Å². The molecule has 2 aliphatic rings. The molecule has 0 radical (unpaired) electrons. The Bertz CT molecular complexity index is 93.1. The lowest BCUT2D eigenvalue weighted by atomic mass is 10.1. The molecule has 0 spiro atoms. The van der Waals surface area contributed by atoms with Crippen molar-refractivity contribution < 1.29 is 4.74 Å². The fraction of sp³-hybridized carbons (Fsp3) is 1.00. The lowest BCUT2D eigenvalue weighted by Gasteiger charge is -2.34. The van der Waals surface area contributed by atoms with Gasteiger partial charge in [0.05, 0.1) is 18.0 Å². The minimum Gasteiger partial charge on any atom is -0.376 e. The SMILES string of the molecule is C1CCC2OCC2SC1. The van der Waals surface area contributed by atoms with Gasteiger partial charge in [0.2, 0.25) is 0 Å². The van der Waals surface area contributed by atoms with Crippen molar-refractivity contribution in [2.24, 2.45) is 0 Å². The largest absolute Gasteiger partial charge is 0.376 e. The van der Waals surface area contributed by atoms with Crippen molar-refractivity contribution in [2.75, 3.05) is 12.4 Å². The van der Waals surface area contributed by atoms with E-state index in [1.54, 1.807) is 0 Å². The number of hydrogen-bond acceptors (Lipinski definition) is 2. The van der Waals surface area contributed by atoms with Crippen molar-refractivity contribution in [3.8, 4) is 0 Å². The third kappa shape index (κ3) is 1.10. The van der Waals surface area contributed by atoms with Crippen LogP contribution in [0.1, 0.15) is 19.3 Å². The van der Waals surface area contributed by atoms with Gasteiger partial charge in [0.1, 0.15) is 0 Å². The van der Waals surface area contributed by atoms with Gasteiger partial charge in [-0.3, -0.25) is 0 Å². The molecule has 2 heteroatoms. The summed E-state index contributed by atoms with van der Waals surface area (Å²) in [4.78, 5) is 0. The average Bonchev–Trinajstić information content (AvgIpc) is 1.94. The molecule has 0 aromatic heterocycles. The van der Waals surface area contributed by atoms with Crippen LogP contribution in [0.3, 0.4) is 0 Å². The van der Waals surface area contributed by atoms with Crippen molar-refractivity contribution >= 4 is 11.8 Å². The second-order valence-electron chi connectivity index (χ2n) is 2.78. The summed E-state index contributed by atoms with van der Waals surface area (Å²) in [5.74, 6) is 1.37. The van der Waals surface area contributed by atoms with Crippen LogP contribution < -0.4 is 0 Å². The molecule has 2 unspecified atom stereocenters. The van der Waals surface area contributed by atoms with Crippen LogP contribution in [0.4, 0.5) is 0 Å². The zero-order valence-electron chi connectivity index (χ0n) is 5.51. The predicted molar refractivity (Wildman–Crippen MR) is 39.8 cm³/mol. The molecule has 1 nitrogen and oxygen atoms in total. The maximum absolute atomic E-state index is 5.39. The molecule has 0 aromatic rings. The molecule has 0 saturated carbocycles. The van der Waals surface area contributed by atoms with Crippen molar-refractivity contribution in [3.63, 3.8) is 0 Å². The van der Waals surface area contributed by atoms with E-state index >= 15 is 0 Å². The summed E-state index contributed by atoms with van der Waals surface area (Å²) in [7, 11) is 0. The topological polar surface area (TPSA) is 9.23 Å². The highest BCUT2D eigenvalue weighted by Gasteiger charge is 2.32. The Balaban J connectivity index is 1.90. The maximum atomic E-state index is 5.39. The van der Waals surface area contributed by atoms with Crippen molar-refractivity contribution in [1.82, 2.24) is 0 Å². The molecule has 9 heavy (non-hydrogen) atoms. The number of hydrogen-bond donors (Lipinski definition) is 0. The Morgan fingerprint density at radius 3 is 3.11 bits per heavy atom. The lowest BCUT2D eigenvalue weighted by molar-refractivity contribution is -0.0452. The molecule has 2 rings (SSSR count). The first kappa shape index (κ1) is 6.05. The number of rotatable bonds is 0. The van der Waals surface area contributed by atoms with Crippen molar-refractivity contribution in [2.45, 2.75) is 30.6 Å². The number of ether oxygens (including phenoxy) is 1. The van der Waals surface area contributed by atoms with Crippen molar-refractivity contribution in [3.05, 3.63) is 0 Å². The Morgan fingerprint density at radius 1 is 1.33 bits per heavy atom. The van der Waals surface area contributed by atoms with Crippen LogP contribution in [0.15, 0.2) is 0 Å². The standard InChI is InChI=1S/C7H12OS/c1-2-4-9-7-5-8-6(7)3-1/h6-7H,1-5H2. The van der Waals surface area contributed by atoms with Gasteiger partial charge in [0, 0.05) is 0 Å². The highest BCUT2D eigenvalue weighted by molar-refractivity contribution is 8.00. The maximum Gasteiger partial charge on any atom is 0.0716 e. The quantitative estimate of drug-likeness (QED) is 0.511. The Kier molecular flexibility index (Phi) is 1.68. The molecular formula is C7H12OS. The molecule has 2 fully saturated rings. The zero-order valence-corrected chi connectivity index (χ0v) is 6.32. The van der Waals surface area contributed by atoms with Gasteiger partial charge in [-0.1, -0.05) is 6.42 Å². The summed E-state index contributed by atoms with van der Waals surface area (Å²) in [6.07, 6.45) is 4.74. The molecule has 0 amide bonds. The van der Waals surface area contributed by atoms with E-state index in [1.165, 1.54) is 25.0 Å². The molecule has 2 aliphatic heterocycles. The Morgan fingerprint density at radius 2 is 2.33 bits per heavy atom. The monoisotopic (exact) mass is 144 g/mol. The van der Waals surface area contributed by atoms with Gasteiger partial charge in [0.25, 0.3) is 0 Å². The minimum absolute atomic E-state index is 0.637. The molecule has 52 valence electrons. The first-order chi connectivity index (χ1) is 4.47. The normalized spacial score (nSPS) is 42.7. The molecule has 2 heterocycles. The van der Waals surface area contributed by atoms with Crippen LogP contribution in [0.5, 0.6) is 0 Å². The smallest absolute Gasteiger partial charge is 0.0716 e. The van der Waals surface area contributed by atoms with Gasteiger partial charge in [-0.25, -0.2) is 0 Å². The highest BCUT2D eigenvalue weighted by Crippen LogP contribution is 2.33. The predicted octanol–water partition coefficient (Wildman–Crippen LogP) is 1.67. The molecular weight excluding hydrogens is 132 g/mol. The molecule has 0 aliphatic carbocycles. The third-order valence-corrected chi connectivity index (χ3v) is 3.50. The van der Waals surface area contributed by atoms with Crippen LogP contribution >= 0.6 is 11.8 Å². The Hall–Kier alpha value is 0.310. The van der Waals surface area contributed by atoms with Crippen molar-refractivity contribution in [1.29, 1.82) is 0 Å². The second-order valence-corrected chi connectivity index (χ2v) is 4.12. The minimum atomic E-state index is 0.637. The van der Waals surface area contributed by atoms with Gasteiger partial charge in [-0.05, 0) is 18.6 Å². The fourth-order valence-corrected chi connectivity index (χ4v) is 2.70. The van der Waals surface area contributed by atoms with Crippen LogP contribution in [-0.2, 0) is 4.74 Å². The zero-order chi connectivity index (χ0) is 6.10. The summed E-state index contributed by atoms with van der Waals surface area (Å²) in [6.45, 7) is 1.02. The van der Waals surface area contributed by atoms with Crippen LogP contribution in [0.2, 0.25) is 0 Å². The van der Waals surface area contributed by atoms with Gasteiger partial charge in [0.15, 0.2) is 0 Å². The van der Waals surface area contributed by atoms with E-state index in [0.717, 1.165) is 11.9 Å². The number of thioether (sulfide) groups is 1. The van der Waals surface area contributed by atoms with E-state index in [2.05, 4.69) is 11.8 Å². The van der Waals surface area contributed by atoms with Gasteiger partial charge >= 0.3 is 0 Å². The first-order valence-electron chi connectivity index (χ1n) is 3.70. The summed E-state index contributed by atoms with van der Waals surface area (Å²) < 4.78 is 5.39.